The summed E-state index contributed by atoms with van der Waals surface area (Å²) in [7, 11) is -2.60. The number of hydrogen-bond donors (Lipinski definition) is 3. The van der Waals surface area contributed by atoms with Crippen LogP contribution in [0.25, 0.3) is 11.1 Å². The number of carbonyl (C=O) groups excluding carboxylic acids is 2. The maximum Gasteiger partial charge on any atom is 0.252 e. The molecule has 0 bridgehead atoms. The van der Waals surface area contributed by atoms with Gasteiger partial charge < -0.3 is 15.8 Å². The molecule has 0 saturated heterocycles. The number of carbonyl (C=O) groups is 2. The molecule has 0 unspecified atom stereocenters. The van der Waals surface area contributed by atoms with E-state index < -0.39 is 27.9 Å². The van der Waals surface area contributed by atoms with E-state index in [0.717, 1.165) is 0 Å². The molecule has 3 aromatic carbocycles. The fraction of sp³-hybridized carbons (Fsp3) is 0.259. The number of rotatable bonds is 10. The van der Waals surface area contributed by atoms with E-state index in [1.54, 1.807) is 68.4 Å². The van der Waals surface area contributed by atoms with Crippen molar-refractivity contribution in [2.75, 3.05) is 7.11 Å². The Kier molecular flexibility index (Phi) is 10.2. The average molecular weight is 546 g/mol. The molecule has 37 heavy (non-hydrogen) atoms. The summed E-state index contributed by atoms with van der Waals surface area (Å²) < 4.78 is 33.9. The van der Waals surface area contributed by atoms with Gasteiger partial charge in [0.05, 0.1) is 7.11 Å². The second kappa shape index (κ2) is 12.7. The predicted molar refractivity (Wildman–Crippen MR) is 146 cm³/mol. The highest BCUT2D eigenvalue weighted by molar-refractivity contribution is 7.89. The number of sulfonamides is 1. The second-order valence-corrected chi connectivity index (χ2v) is 10.6. The standard InChI is InChI=1S/C26H28ClN3O5S.CH4/c1-16(2)24(25(28)31)30-26(32)21-11-7-6-10-20(21)19-9-5-4-8-17(19)15-29-36(33,34)23-14-18(27)12-13-22(23)35-3;/h4-14,16,24,29H,15H2,1-3H3,(H2,28,31)(H,30,32);1H4/t24-;/m0./s1. The summed E-state index contributed by atoms with van der Waals surface area (Å²) in [4.78, 5) is 24.8. The third-order valence-electron chi connectivity index (χ3n) is 5.61. The van der Waals surface area contributed by atoms with Crippen LogP contribution in [0.5, 0.6) is 5.75 Å². The lowest BCUT2D eigenvalue weighted by Crippen LogP contribution is -2.47. The molecule has 3 aromatic rings. The Labute approximate surface area is 223 Å². The molecule has 198 valence electrons. The monoisotopic (exact) mass is 545 g/mol. The third kappa shape index (κ3) is 7.09. The van der Waals surface area contributed by atoms with E-state index in [2.05, 4.69) is 10.0 Å². The van der Waals surface area contributed by atoms with Crippen LogP contribution in [-0.2, 0) is 21.4 Å². The van der Waals surface area contributed by atoms with Crippen LogP contribution in [0.1, 0.15) is 37.2 Å². The van der Waals surface area contributed by atoms with Gasteiger partial charge in [0.2, 0.25) is 15.9 Å². The van der Waals surface area contributed by atoms with Crippen molar-refractivity contribution in [2.24, 2.45) is 11.7 Å². The first-order valence-corrected chi connectivity index (χ1v) is 13.0. The van der Waals surface area contributed by atoms with Crippen molar-refractivity contribution in [2.45, 2.75) is 38.8 Å². The van der Waals surface area contributed by atoms with Gasteiger partial charge in [0.25, 0.3) is 5.91 Å². The van der Waals surface area contributed by atoms with Crippen molar-refractivity contribution in [3.63, 3.8) is 0 Å². The number of benzene rings is 3. The maximum atomic E-state index is 13.1. The van der Waals surface area contributed by atoms with Gasteiger partial charge in [-0.3, -0.25) is 9.59 Å². The van der Waals surface area contributed by atoms with E-state index in [4.69, 9.17) is 22.1 Å². The van der Waals surface area contributed by atoms with Crippen LogP contribution in [0.4, 0.5) is 0 Å². The van der Waals surface area contributed by atoms with Crippen LogP contribution in [0.2, 0.25) is 5.02 Å². The largest absolute Gasteiger partial charge is 0.495 e. The molecule has 4 N–H and O–H groups in total. The fourth-order valence-corrected chi connectivity index (χ4v) is 5.19. The Morgan fingerprint density at radius 3 is 2.24 bits per heavy atom. The van der Waals surface area contributed by atoms with Gasteiger partial charge in [0.1, 0.15) is 16.7 Å². The van der Waals surface area contributed by atoms with E-state index in [-0.39, 0.29) is 35.6 Å². The zero-order valence-electron chi connectivity index (χ0n) is 20.1. The molecule has 0 heterocycles. The van der Waals surface area contributed by atoms with E-state index in [1.807, 2.05) is 0 Å². The zero-order valence-corrected chi connectivity index (χ0v) is 21.7. The van der Waals surface area contributed by atoms with Crippen LogP contribution >= 0.6 is 11.6 Å². The van der Waals surface area contributed by atoms with Crippen molar-refractivity contribution in [1.29, 1.82) is 0 Å². The highest BCUT2D eigenvalue weighted by Crippen LogP contribution is 2.30. The molecule has 8 nitrogen and oxygen atoms in total. The van der Waals surface area contributed by atoms with Gasteiger partial charge in [-0.05, 0) is 46.9 Å². The summed E-state index contributed by atoms with van der Waals surface area (Å²) in [5, 5.41) is 2.96. The molecule has 10 heteroatoms. The van der Waals surface area contributed by atoms with E-state index in [0.29, 0.717) is 22.3 Å². The maximum absolute atomic E-state index is 13.1. The summed E-state index contributed by atoms with van der Waals surface area (Å²) in [5.41, 5.74) is 7.66. The molecule has 2 amide bonds. The molecule has 1 atom stereocenters. The normalized spacial score (nSPS) is 11.9. The minimum absolute atomic E-state index is 0. The molecule has 0 fully saturated rings. The minimum Gasteiger partial charge on any atom is -0.495 e. The lowest BCUT2D eigenvalue weighted by Gasteiger charge is -2.20. The van der Waals surface area contributed by atoms with E-state index in [9.17, 15) is 18.0 Å². The molecular formula is C27H32ClN3O5S. The molecule has 0 aromatic heterocycles. The SMILES string of the molecule is C.COc1ccc(Cl)cc1S(=O)(=O)NCc1ccccc1-c1ccccc1C(=O)N[C@H](C(N)=O)C(C)C. The van der Waals surface area contributed by atoms with Gasteiger partial charge in [-0.2, -0.15) is 0 Å². The number of amides is 2. The molecule has 0 aliphatic rings. The number of nitrogens with two attached hydrogens (primary N) is 1. The molecule has 0 aliphatic carbocycles. The predicted octanol–water partition coefficient (Wildman–Crippen LogP) is 4.37. The van der Waals surface area contributed by atoms with Crippen LogP contribution in [0.3, 0.4) is 0 Å². The van der Waals surface area contributed by atoms with E-state index >= 15 is 0 Å². The van der Waals surface area contributed by atoms with Crippen molar-refractivity contribution in [1.82, 2.24) is 10.0 Å². The number of hydrogen-bond acceptors (Lipinski definition) is 5. The summed E-state index contributed by atoms with van der Waals surface area (Å²) >= 11 is 6.01. The van der Waals surface area contributed by atoms with Crippen molar-refractivity contribution in [3.8, 4) is 16.9 Å². The highest BCUT2D eigenvalue weighted by Gasteiger charge is 2.25. The Balaban J connectivity index is 0.00000481. The highest BCUT2D eigenvalue weighted by atomic mass is 35.5. The topological polar surface area (TPSA) is 128 Å². The van der Waals surface area contributed by atoms with Crippen molar-refractivity contribution < 1.29 is 22.7 Å². The summed E-state index contributed by atoms with van der Waals surface area (Å²) in [6, 6.07) is 17.5. The third-order valence-corrected chi connectivity index (χ3v) is 7.26. The minimum atomic E-state index is -3.97. The lowest BCUT2D eigenvalue weighted by atomic mass is 9.94. The van der Waals surface area contributed by atoms with Crippen LogP contribution in [0, 0.1) is 5.92 Å². The summed E-state index contributed by atoms with van der Waals surface area (Å²) in [6.07, 6.45) is 0. The molecule has 0 spiro atoms. The quantitative estimate of drug-likeness (QED) is 0.348. The molecule has 3 rings (SSSR count). The lowest BCUT2D eigenvalue weighted by molar-refractivity contribution is -0.120. The van der Waals surface area contributed by atoms with Crippen LogP contribution in [-0.4, -0.2) is 33.4 Å². The summed E-state index contributed by atoms with van der Waals surface area (Å²) in [6.45, 7) is 3.52. The van der Waals surface area contributed by atoms with Gasteiger partial charge in [-0.25, -0.2) is 13.1 Å². The van der Waals surface area contributed by atoms with Crippen molar-refractivity contribution in [3.05, 3.63) is 82.9 Å². The number of primary amides is 1. The number of halogens is 1. The first-order chi connectivity index (χ1) is 17.0. The molecule has 0 radical (unpaired) electrons. The van der Waals surface area contributed by atoms with Gasteiger partial charge in [-0.1, -0.05) is 75.3 Å². The Morgan fingerprint density at radius 1 is 1.00 bits per heavy atom. The summed E-state index contributed by atoms with van der Waals surface area (Å²) in [5.74, 6) is -1.11. The fourth-order valence-electron chi connectivity index (χ4n) is 3.75. The first-order valence-electron chi connectivity index (χ1n) is 11.2. The number of ether oxygens (including phenoxy) is 1. The first kappa shape index (κ1) is 29.8. The smallest absolute Gasteiger partial charge is 0.252 e. The van der Waals surface area contributed by atoms with Crippen LogP contribution < -0.4 is 20.5 Å². The van der Waals surface area contributed by atoms with Crippen molar-refractivity contribution >= 4 is 33.4 Å². The number of methoxy groups -OCH3 is 1. The second-order valence-electron chi connectivity index (χ2n) is 8.42. The Bertz CT molecular complexity index is 1380. The average Bonchev–Trinajstić information content (AvgIpc) is 2.85. The van der Waals surface area contributed by atoms with E-state index in [1.165, 1.54) is 19.2 Å². The Hall–Kier alpha value is -3.40. The Morgan fingerprint density at radius 2 is 1.62 bits per heavy atom. The molecular weight excluding hydrogens is 514 g/mol. The van der Waals surface area contributed by atoms with Gasteiger partial charge in [0, 0.05) is 17.1 Å². The van der Waals surface area contributed by atoms with Gasteiger partial charge in [0.15, 0.2) is 0 Å². The van der Waals surface area contributed by atoms with Gasteiger partial charge >= 0.3 is 0 Å². The van der Waals surface area contributed by atoms with Crippen LogP contribution in [0.15, 0.2) is 71.6 Å². The van der Waals surface area contributed by atoms with Gasteiger partial charge in [-0.15, -0.1) is 0 Å². The molecule has 0 aliphatic heterocycles. The number of nitrogens with one attached hydrogen (secondary N) is 2. The molecule has 0 saturated carbocycles. The zero-order chi connectivity index (χ0) is 26.5.